The summed E-state index contributed by atoms with van der Waals surface area (Å²) in [5.74, 6) is 0.509. The topological polar surface area (TPSA) is 85.9 Å². The fourth-order valence-electron chi connectivity index (χ4n) is 2.68. The first-order valence-electron chi connectivity index (χ1n) is 9.28. The summed E-state index contributed by atoms with van der Waals surface area (Å²) in [5, 5.41) is 0. The number of hydrogen-bond donors (Lipinski definition) is 2. The van der Waals surface area contributed by atoms with Crippen LogP contribution in [-0.2, 0) is 9.59 Å². The average Bonchev–Trinajstić information content (AvgIpc) is 2.81. The van der Waals surface area contributed by atoms with Crippen LogP contribution in [0.3, 0.4) is 0 Å². The molecule has 0 fully saturated rings. The van der Waals surface area contributed by atoms with Crippen LogP contribution in [0.1, 0.15) is 0 Å². The lowest BCUT2D eigenvalue weighted by Crippen LogP contribution is -2.45. The van der Waals surface area contributed by atoms with Gasteiger partial charge >= 0.3 is 0 Å². The summed E-state index contributed by atoms with van der Waals surface area (Å²) in [6, 6.07) is 24.1. The Hall–Kier alpha value is -4.00. The minimum absolute atomic E-state index is 0.252. The summed E-state index contributed by atoms with van der Waals surface area (Å²) in [5.41, 5.74) is 6.45. The third-order valence-electron chi connectivity index (χ3n) is 4.10. The van der Waals surface area contributed by atoms with Crippen molar-refractivity contribution in [3.8, 4) is 28.4 Å². The molecule has 2 amide bonds. The van der Waals surface area contributed by atoms with Gasteiger partial charge in [-0.25, -0.2) is 0 Å². The normalized spacial score (nSPS) is 10.0. The number of carbonyl (C=O) groups is 2. The standard InChI is InChI=1S/C23H22N2O5/c1-28-20-13-7-8-14-21(20)30-16-23(27)25-24-22(26)15-29-19-12-6-5-11-18(19)17-9-3-2-4-10-17/h2-14H,15-16H2,1H3,(H,24,26)(H,25,27). The molecule has 0 aliphatic rings. The van der Waals surface area contributed by atoms with Crippen LogP contribution in [0.2, 0.25) is 0 Å². The summed E-state index contributed by atoms with van der Waals surface area (Å²) < 4.78 is 16.2. The molecule has 0 unspecified atom stereocenters. The molecule has 0 aromatic heterocycles. The van der Waals surface area contributed by atoms with E-state index in [0.29, 0.717) is 17.2 Å². The summed E-state index contributed by atoms with van der Waals surface area (Å²) in [7, 11) is 1.51. The van der Waals surface area contributed by atoms with Gasteiger partial charge in [0.2, 0.25) is 0 Å². The number of ether oxygens (including phenoxy) is 3. The molecule has 154 valence electrons. The van der Waals surface area contributed by atoms with E-state index in [0.717, 1.165) is 11.1 Å². The second-order valence-corrected chi connectivity index (χ2v) is 6.19. The Kier molecular flexibility index (Phi) is 7.27. The van der Waals surface area contributed by atoms with Gasteiger partial charge in [0.15, 0.2) is 24.7 Å². The lowest BCUT2D eigenvalue weighted by Gasteiger charge is -2.13. The van der Waals surface area contributed by atoms with Crippen molar-refractivity contribution in [1.29, 1.82) is 0 Å². The van der Waals surface area contributed by atoms with Crippen LogP contribution >= 0.6 is 0 Å². The molecule has 7 nitrogen and oxygen atoms in total. The first kappa shape index (κ1) is 20.7. The van der Waals surface area contributed by atoms with Crippen LogP contribution < -0.4 is 25.1 Å². The predicted molar refractivity (Wildman–Crippen MR) is 112 cm³/mol. The van der Waals surface area contributed by atoms with Crippen molar-refractivity contribution in [3.05, 3.63) is 78.9 Å². The first-order chi connectivity index (χ1) is 14.7. The van der Waals surface area contributed by atoms with Gasteiger partial charge in [-0.15, -0.1) is 0 Å². The van der Waals surface area contributed by atoms with Crippen LogP contribution in [0.4, 0.5) is 0 Å². The van der Waals surface area contributed by atoms with Crippen LogP contribution in [0, 0.1) is 0 Å². The highest BCUT2D eigenvalue weighted by Crippen LogP contribution is 2.29. The molecular formula is C23H22N2O5. The molecule has 0 saturated carbocycles. The van der Waals surface area contributed by atoms with Crippen molar-refractivity contribution < 1.29 is 23.8 Å². The van der Waals surface area contributed by atoms with Crippen molar-refractivity contribution in [3.63, 3.8) is 0 Å². The third kappa shape index (κ3) is 5.75. The van der Waals surface area contributed by atoms with Gasteiger partial charge in [-0.05, 0) is 23.8 Å². The number of nitrogens with one attached hydrogen (secondary N) is 2. The Balaban J connectivity index is 1.46. The molecule has 0 spiro atoms. The van der Waals surface area contributed by atoms with Gasteiger partial charge in [-0.3, -0.25) is 20.4 Å². The molecule has 0 aliphatic carbocycles. The zero-order valence-corrected chi connectivity index (χ0v) is 16.5. The summed E-state index contributed by atoms with van der Waals surface area (Å²) in [6.07, 6.45) is 0. The maximum atomic E-state index is 12.0. The highest BCUT2D eigenvalue weighted by molar-refractivity contribution is 5.83. The SMILES string of the molecule is COc1ccccc1OCC(=O)NNC(=O)COc1ccccc1-c1ccccc1. The van der Waals surface area contributed by atoms with E-state index >= 15 is 0 Å². The van der Waals surface area contributed by atoms with E-state index in [9.17, 15) is 9.59 Å². The zero-order valence-electron chi connectivity index (χ0n) is 16.5. The molecule has 0 saturated heterocycles. The van der Waals surface area contributed by atoms with Gasteiger partial charge in [0.1, 0.15) is 5.75 Å². The van der Waals surface area contributed by atoms with E-state index in [2.05, 4.69) is 10.9 Å². The zero-order chi connectivity index (χ0) is 21.2. The van der Waals surface area contributed by atoms with Crippen molar-refractivity contribution in [2.24, 2.45) is 0 Å². The van der Waals surface area contributed by atoms with E-state index in [-0.39, 0.29) is 13.2 Å². The lowest BCUT2D eigenvalue weighted by atomic mass is 10.1. The molecule has 2 N–H and O–H groups in total. The number of hydrazine groups is 1. The number of methoxy groups -OCH3 is 1. The van der Waals surface area contributed by atoms with Crippen LogP contribution in [0.25, 0.3) is 11.1 Å². The van der Waals surface area contributed by atoms with Gasteiger partial charge in [0.25, 0.3) is 11.8 Å². The second kappa shape index (κ2) is 10.5. The van der Waals surface area contributed by atoms with Crippen LogP contribution in [0.5, 0.6) is 17.2 Å². The highest BCUT2D eigenvalue weighted by atomic mass is 16.5. The van der Waals surface area contributed by atoms with E-state index < -0.39 is 11.8 Å². The average molecular weight is 406 g/mol. The number of carbonyl (C=O) groups excluding carboxylic acids is 2. The first-order valence-corrected chi connectivity index (χ1v) is 9.28. The third-order valence-corrected chi connectivity index (χ3v) is 4.10. The molecule has 3 aromatic rings. The number of benzene rings is 3. The van der Waals surface area contributed by atoms with Crippen LogP contribution in [0.15, 0.2) is 78.9 Å². The molecular weight excluding hydrogens is 384 g/mol. The Morgan fingerprint density at radius 1 is 0.667 bits per heavy atom. The maximum absolute atomic E-state index is 12.0. The second-order valence-electron chi connectivity index (χ2n) is 6.19. The quantitative estimate of drug-likeness (QED) is 0.562. The van der Waals surface area contributed by atoms with Gasteiger partial charge in [0.05, 0.1) is 7.11 Å². The van der Waals surface area contributed by atoms with Crippen molar-refractivity contribution in [2.45, 2.75) is 0 Å². The number of amides is 2. The molecule has 3 aromatic carbocycles. The fraction of sp³-hybridized carbons (Fsp3) is 0.130. The minimum Gasteiger partial charge on any atom is -0.493 e. The molecule has 30 heavy (non-hydrogen) atoms. The van der Waals surface area contributed by atoms with Gasteiger partial charge in [-0.1, -0.05) is 60.7 Å². The van der Waals surface area contributed by atoms with E-state index in [4.69, 9.17) is 14.2 Å². The maximum Gasteiger partial charge on any atom is 0.276 e. The smallest absolute Gasteiger partial charge is 0.276 e. The minimum atomic E-state index is -0.515. The monoisotopic (exact) mass is 406 g/mol. The van der Waals surface area contributed by atoms with Gasteiger partial charge < -0.3 is 14.2 Å². The molecule has 0 bridgehead atoms. The molecule has 7 heteroatoms. The van der Waals surface area contributed by atoms with Gasteiger partial charge in [0, 0.05) is 5.56 Å². The fourth-order valence-corrected chi connectivity index (χ4v) is 2.68. The Bertz CT molecular complexity index is 992. The van der Waals surface area contributed by atoms with E-state index in [1.807, 2.05) is 48.5 Å². The van der Waals surface area contributed by atoms with E-state index in [1.165, 1.54) is 7.11 Å². The summed E-state index contributed by atoms with van der Waals surface area (Å²) in [6.45, 7) is -0.532. The Morgan fingerprint density at radius 2 is 1.17 bits per heavy atom. The highest BCUT2D eigenvalue weighted by Gasteiger charge is 2.10. The lowest BCUT2D eigenvalue weighted by molar-refractivity contribution is -0.131. The Morgan fingerprint density at radius 3 is 1.80 bits per heavy atom. The van der Waals surface area contributed by atoms with Crippen molar-refractivity contribution in [2.75, 3.05) is 20.3 Å². The number of hydrogen-bond acceptors (Lipinski definition) is 5. The molecule has 3 rings (SSSR count). The van der Waals surface area contributed by atoms with E-state index in [1.54, 1.807) is 30.3 Å². The largest absolute Gasteiger partial charge is 0.493 e. The van der Waals surface area contributed by atoms with Gasteiger partial charge in [-0.2, -0.15) is 0 Å². The Labute approximate surface area is 174 Å². The summed E-state index contributed by atoms with van der Waals surface area (Å²) in [4.78, 5) is 23.9. The van der Waals surface area contributed by atoms with Crippen molar-refractivity contribution >= 4 is 11.8 Å². The number of para-hydroxylation sites is 3. The van der Waals surface area contributed by atoms with Crippen molar-refractivity contribution in [1.82, 2.24) is 10.9 Å². The molecule has 0 atom stereocenters. The van der Waals surface area contributed by atoms with Crippen LogP contribution in [-0.4, -0.2) is 32.1 Å². The summed E-state index contributed by atoms with van der Waals surface area (Å²) >= 11 is 0. The number of rotatable bonds is 8. The predicted octanol–water partition coefficient (Wildman–Crippen LogP) is 2.97. The molecule has 0 radical (unpaired) electrons. The molecule has 0 heterocycles. The molecule has 0 aliphatic heterocycles.